The summed E-state index contributed by atoms with van der Waals surface area (Å²) in [7, 11) is 0. The Morgan fingerprint density at radius 1 is 1.00 bits per heavy atom. The zero-order chi connectivity index (χ0) is 9.64. The van der Waals surface area contributed by atoms with E-state index in [4.69, 9.17) is 9.78 Å². The Morgan fingerprint density at radius 3 is 2.57 bits per heavy atom. The molecule has 14 heavy (non-hydrogen) atoms. The molecule has 0 saturated heterocycles. The SMILES string of the molecule is C1=C(OOC2CCCCC2)CCCC1. The van der Waals surface area contributed by atoms with Crippen molar-refractivity contribution in [3.05, 3.63) is 11.8 Å². The molecule has 2 aliphatic rings. The van der Waals surface area contributed by atoms with Gasteiger partial charge in [-0.25, -0.2) is 0 Å². The van der Waals surface area contributed by atoms with Crippen molar-refractivity contribution in [3.8, 4) is 0 Å². The fourth-order valence-electron chi connectivity index (χ4n) is 2.18. The molecule has 0 aromatic heterocycles. The van der Waals surface area contributed by atoms with Gasteiger partial charge in [-0.3, -0.25) is 0 Å². The van der Waals surface area contributed by atoms with Crippen LogP contribution in [0.5, 0.6) is 0 Å². The fourth-order valence-corrected chi connectivity index (χ4v) is 2.18. The van der Waals surface area contributed by atoms with Gasteiger partial charge in [-0.15, -0.1) is 0 Å². The fraction of sp³-hybridized carbons (Fsp3) is 0.833. The third kappa shape index (κ3) is 3.02. The summed E-state index contributed by atoms with van der Waals surface area (Å²) in [5.74, 6) is 1.06. The van der Waals surface area contributed by atoms with Gasteiger partial charge < -0.3 is 4.89 Å². The zero-order valence-electron chi connectivity index (χ0n) is 8.84. The predicted octanol–water partition coefficient (Wildman–Crippen LogP) is 3.73. The molecule has 0 unspecified atom stereocenters. The van der Waals surface area contributed by atoms with Crippen LogP contribution in [0, 0.1) is 0 Å². The summed E-state index contributed by atoms with van der Waals surface area (Å²) in [6.07, 6.45) is 13.6. The van der Waals surface area contributed by atoms with Gasteiger partial charge in [0.1, 0.15) is 11.9 Å². The van der Waals surface area contributed by atoms with Crippen molar-refractivity contribution in [1.82, 2.24) is 0 Å². The molecule has 2 aliphatic carbocycles. The molecule has 2 heteroatoms. The average Bonchev–Trinajstić information content (AvgIpc) is 2.29. The highest BCUT2D eigenvalue weighted by Gasteiger charge is 2.16. The second-order valence-corrected chi connectivity index (χ2v) is 4.36. The highest BCUT2D eigenvalue weighted by atomic mass is 17.2. The molecule has 0 atom stereocenters. The monoisotopic (exact) mass is 196 g/mol. The summed E-state index contributed by atoms with van der Waals surface area (Å²) in [5, 5.41) is 0. The molecule has 0 spiro atoms. The summed E-state index contributed by atoms with van der Waals surface area (Å²) < 4.78 is 0. The van der Waals surface area contributed by atoms with Gasteiger partial charge >= 0.3 is 0 Å². The van der Waals surface area contributed by atoms with Gasteiger partial charge in [-0.05, 0) is 38.2 Å². The molecule has 0 heterocycles. The van der Waals surface area contributed by atoms with Crippen molar-refractivity contribution >= 4 is 0 Å². The topological polar surface area (TPSA) is 18.5 Å². The molecule has 0 amide bonds. The van der Waals surface area contributed by atoms with Crippen molar-refractivity contribution in [3.63, 3.8) is 0 Å². The van der Waals surface area contributed by atoms with E-state index in [2.05, 4.69) is 6.08 Å². The standard InChI is InChI=1S/C12H20O2/c1-3-7-11(8-4-1)13-14-12-9-5-2-6-10-12/h7,12H,1-6,8-10H2. The van der Waals surface area contributed by atoms with E-state index in [9.17, 15) is 0 Å². The second-order valence-electron chi connectivity index (χ2n) is 4.36. The van der Waals surface area contributed by atoms with Gasteiger partial charge in [-0.1, -0.05) is 19.3 Å². The molecule has 0 aliphatic heterocycles. The molecule has 1 saturated carbocycles. The molecular formula is C12H20O2. The normalized spacial score (nSPS) is 24.4. The smallest absolute Gasteiger partial charge is 0.138 e. The van der Waals surface area contributed by atoms with Gasteiger partial charge in [0.25, 0.3) is 0 Å². The highest BCUT2D eigenvalue weighted by Crippen LogP contribution is 2.23. The van der Waals surface area contributed by atoms with Crippen LogP contribution < -0.4 is 0 Å². The average molecular weight is 196 g/mol. The lowest BCUT2D eigenvalue weighted by Gasteiger charge is -2.22. The molecule has 2 nitrogen and oxygen atoms in total. The van der Waals surface area contributed by atoms with Crippen molar-refractivity contribution in [2.45, 2.75) is 63.9 Å². The van der Waals surface area contributed by atoms with Crippen LogP contribution in [0.25, 0.3) is 0 Å². The van der Waals surface area contributed by atoms with E-state index < -0.39 is 0 Å². The minimum absolute atomic E-state index is 0.353. The molecule has 0 aromatic carbocycles. The van der Waals surface area contributed by atoms with E-state index in [1.807, 2.05) is 0 Å². The van der Waals surface area contributed by atoms with Crippen LogP contribution in [0.1, 0.15) is 57.8 Å². The van der Waals surface area contributed by atoms with Crippen LogP contribution in [0.3, 0.4) is 0 Å². The van der Waals surface area contributed by atoms with Crippen molar-refractivity contribution in [2.24, 2.45) is 0 Å². The third-order valence-corrected chi connectivity index (χ3v) is 3.09. The van der Waals surface area contributed by atoms with Gasteiger partial charge in [-0.2, -0.15) is 4.89 Å². The van der Waals surface area contributed by atoms with Crippen molar-refractivity contribution < 1.29 is 9.78 Å². The lowest BCUT2D eigenvalue weighted by Crippen LogP contribution is -2.17. The van der Waals surface area contributed by atoms with Crippen LogP contribution in [0.4, 0.5) is 0 Å². The third-order valence-electron chi connectivity index (χ3n) is 3.09. The highest BCUT2D eigenvalue weighted by molar-refractivity contribution is 4.95. The first-order valence-electron chi connectivity index (χ1n) is 5.97. The van der Waals surface area contributed by atoms with Crippen LogP contribution >= 0.6 is 0 Å². The Kier molecular flexibility index (Phi) is 3.87. The maximum absolute atomic E-state index is 5.45. The first kappa shape index (κ1) is 10.0. The molecule has 80 valence electrons. The summed E-state index contributed by atoms with van der Waals surface area (Å²) in [4.78, 5) is 10.8. The maximum atomic E-state index is 5.45. The van der Waals surface area contributed by atoms with Crippen LogP contribution in [0.2, 0.25) is 0 Å². The maximum Gasteiger partial charge on any atom is 0.138 e. The number of rotatable bonds is 3. The molecular weight excluding hydrogens is 176 g/mol. The minimum Gasteiger partial charge on any atom is -0.342 e. The first-order chi connectivity index (χ1) is 6.95. The van der Waals surface area contributed by atoms with E-state index in [-0.39, 0.29) is 0 Å². The lowest BCUT2D eigenvalue weighted by molar-refractivity contribution is -0.302. The molecule has 0 N–H and O–H groups in total. The number of hydrogen-bond acceptors (Lipinski definition) is 2. The summed E-state index contributed by atoms with van der Waals surface area (Å²) in [5.41, 5.74) is 0. The zero-order valence-corrected chi connectivity index (χ0v) is 8.84. The Bertz CT molecular complexity index is 192. The van der Waals surface area contributed by atoms with Gasteiger partial charge in [0.2, 0.25) is 0 Å². The van der Waals surface area contributed by atoms with Crippen LogP contribution in [-0.2, 0) is 9.78 Å². The second kappa shape index (κ2) is 5.40. The number of hydrogen-bond donors (Lipinski definition) is 0. The van der Waals surface area contributed by atoms with E-state index in [1.54, 1.807) is 0 Å². The van der Waals surface area contributed by atoms with E-state index in [0.717, 1.165) is 18.6 Å². The summed E-state index contributed by atoms with van der Waals surface area (Å²) in [6.45, 7) is 0. The Morgan fingerprint density at radius 2 is 1.86 bits per heavy atom. The molecule has 0 bridgehead atoms. The van der Waals surface area contributed by atoms with E-state index in [1.165, 1.54) is 44.9 Å². The Hall–Kier alpha value is -0.500. The predicted molar refractivity (Wildman–Crippen MR) is 55.6 cm³/mol. The van der Waals surface area contributed by atoms with Crippen LogP contribution in [0.15, 0.2) is 11.8 Å². The molecule has 2 rings (SSSR count). The minimum atomic E-state index is 0.353. The molecule has 0 aromatic rings. The molecule has 1 fully saturated rings. The number of allylic oxidation sites excluding steroid dienone is 2. The quantitative estimate of drug-likeness (QED) is 0.506. The van der Waals surface area contributed by atoms with E-state index in [0.29, 0.717) is 6.10 Å². The van der Waals surface area contributed by atoms with Gasteiger partial charge in [0.15, 0.2) is 0 Å². The first-order valence-corrected chi connectivity index (χ1v) is 5.97. The summed E-state index contributed by atoms with van der Waals surface area (Å²) in [6, 6.07) is 0. The van der Waals surface area contributed by atoms with Crippen LogP contribution in [-0.4, -0.2) is 6.10 Å². The van der Waals surface area contributed by atoms with E-state index >= 15 is 0 Å². The molecule has 0 radical (unpaired) electrons. The van der Waals surface area contributed by atoms with Crippen molar-refractivity contribution in [1.29, 1.82) is 0 Å². The van der Waals surface area contributed by atoms with Crippen molar-refractivity contribution in [2.75, 3.05) is 0 Å². The Labute approximate surface area is 86.2 Å². The largest absolute Gasteiger partial charge is 0.342 e. The van der Waals surface area contributed by atoms with Gasteiger partial charge in [0.05, 0.1) is 0 Å². The lowest BCUT2D eigenvalue weighted by atomic mass is 9.98. The van der Waals surface area contributed by atoms with Gasteiger partial charge in [0, 0.05) is 6.42 Å². The Balaban J connectivity index is 1.67. The summed E-state index contributed by atoms with van der Waals surface area (Å²) >= 11 is 0.